The Bertz CT molecular complexity index is 1430. The van der Waals surface area contributed by atoms with Gasteiger partial charge in [0.25, 0.3) is 5.91 Å². The van der Waals surface area contributed by atoms with Gasteiger partial charge in [-0.25, -0.2) is 9.97 Å². The Balaban J connectivity index is 1.27. The van der Waals surface area contributed by atoms with Gasteiger partial charge < -0.3 is 19.3 Å². The van der Waals surface area contributed by atoms with Crippen molar-refractivity contribution in [3.05, 3.63) is 59.2 Å². The van der Waals surface area contributed by atoms with Gasteiger partial charge in [-0.15, -0.1) is 0 Å². The molecule has 0 bridgehead atoms. The van der Waals surface area contributed by atoms with Crippen LogP contribution in [0.3, 0.4) is 0 Å². The zero-order valence-electron chi connectivity index (χ0n) is 20.2. The zero-order valence-corrected chi connectivity index (χ0v) is 21.0. The van der Waals surface area contributed by atoms with E-state index in [0.29, 0.717) is 42.5 Å². The van der Waals surface area contributed by atoms with Gasteiger partial charge in [-0.05, 0) is 30.9 Å². The summed E-state index contributed by atoms with van der Waals surface area (Å²) in [6.07, 6.45) is 5.58. The van der Waals surface area contributed by atoms with E-state index in [-0.39, 0.29) is 5.91 Å². The van der Waals surface area contributed by atoms with E-state index in [1.54, 1.807) is 19.3 Å². The summed E-state index contributed by atoms with van der Waals surface area (Å²) < 4.78 is 16.6. The van der Waals surface area contributed by atoms with Gasteiger partial charge in [-0.1, -0.05) is 35.5 Å². The molecule has 1 fully saturated rings. The fraction of sp³-hybridized carbons (Fsp3) is 0.320. The maximum Gasteiger partial charge on any atom is 0.251 e. The molecule has 0 aliphatic carbocycles. The molecule has 3 aromatic heterocycles. The molecule has 0 unspecified atom stereocenters. The molecule has 186 valence electrons. The van der Waals surface area contributed by atoms with E-state index in [9.17, 15) is 4.79 Å². The summed E-state index contributed by atoms with van der Waals surface area (Å²) in [5.41, 5.74) is 1.19. The maximum atomic E-state index is 12.6. The van der Waals surface area contributed by atoms with Gasteiger partial charge in [0.2, 0.25) is 11.7 Å². The molecule has 2 N–H and O–H groups in total. The minimum Gasteiger partial charge on any atom is -0.374 e. The molecule has 4 heterocycles. The highest BCUT2D eigenvalue weighted by atomic mass is 32.1. The van der Waals surface area contributed by atoms with Gasteiger partial charge in [0.05, 0.1) is 23.8 Å². The van der Waals surface area contributed by atoms with Gasteiger partial charge >= 0.3 is 0 Å². The van der Waals surface area contributed by atoms with Crippen LogP contribution in [0.1, 0.15) is 29.8 Å². The number of thiazole rings is 1. The van der Waals surface area contributed by atoms with Gasteiger partial charge in [-0.3, -0.25) is 10.1 Å². The highest BCUT2D eigenvalue weighted by Crippen LogP contribution is 2.40. The first kappa shape index (κ1) is 24.0. The largest absolute Gasteiger partial charge is 0.374 e. The summed E-state index contributed by atoms with van der Waals surface area (Å²) >= 11 is 1.42. The molecule has 11 heteroatoms. The third-order valence-electron chi connectivity index (χ3n) is 5.70. The van der Waals surface area contributed by atoms with E-state index < -0.39 is 5.60 Å². The first-order valence-corrected chi connectivity index (χ1v) is 12.4. The van der Waals surface area contributed by atoms with Crippen molar-refractivity contribution in [3.63, 3.8) is 0 Å². The number of fused-ring (bicyclic) bond motifs is 1. The number of aryl methyl sites for hydroxylation is 2. The summed E-state index contributed by atoms with van der Waals surface area (Å²) in [4.78, 5) is 26.8. The van der Waals surface area contributed by atoms with Crippen LogP contribution in [0.5, 0.6) is 0 Å². The molecule has 1 amide bonds. The third kappa shape index (κ3) is 4.85. The van der Waals surface area contributed by atoms with Gasteiger partial charge in [0, 0.05) is 43.0 Å². The lowest BCUT2D eigenvalue weighted by Crippen LogP contribution is -2.49. The molecule has 10 nitrogen and oxygen atoms in total. The highest BCUT2D eigenvalue weighted by Gasteiger charge is 2.44. The molecule has 5 rings (SSSR count). The summed E-state index contributed by atoms with van der Waals surface area (Å²) in [5.74, 6) is 1.30. The maximum absolute atomic E-state index is 12.6. The molecule has 36 heavy (non-hydrogen) atoms. The Hall–Kier alpha value is -3.67. The number of benzene rings is 1. The van der Waals surface area contributed by atoms with Crippen LogP contribution < -0.4 is 10.6 Å². The number of amides is 1. The summed E-state index contributed by atoms with van der Waals surface area (Å²) in [5, 5.41) is 12.3. The van der Waals surface area contributed by atoms with Crippen LogP contribution in [0.25, 0.3) is 22.2 Å². The first-order chi connectivity index (χ1) is 17.5. The number of ether oxygens (including phenoxy) is 2. The molecule has 0 atom stereocenters. The molecule has 1 aromatic carbocycles. The van der Waals surface area contributed by atoms with Gasteiger partial charge in [0.15, 0.2) is 10.7 Å². The molecular weight excluding hydrogens is 480 g/mol. The fourth-order valence-corrected chi connectivity index (χ4v) is 5.00. The van der Waals surface area contributed by atoms with Crippen LogP contribution in [-0.2, 0) is 19.9 Å². The zero-order chi connectivity index (χ0) is 25.1. The standard InChI is InChI=1S/C25H26N6O4S/c1-4-11-34-25(13-33-14-25)21-15(2)28-24(36-21)30-20(32)8-10-27-23-19-12-18(22-29-16(3)35-31-22)6-5-17(19)7-9-26-23/h5-10,12H,4,11,13-14H2,1-3H3,(H,26,27)(H,28,30,32). The van der Waals surface area contributed by atoms with Crippen LogP contribution in [0.15, 0.2) is 47.3 Å². The van der Waals surface area contributed by atoms with Gasteiger partial charge in [-0.2, -0.15) is 4.98 Å². The van der Waals surface area contributed by atoms with Crippen LogP contribution in [0.4, 0.5) is 10.9 Å². The Morgan fingerprint density at radius 2 is 2.11 bits per heavy atom. The number of aromatic nitrogens is 4. The van der Waals surface area contributed by atoms with E-state index in [2.05, 4.69) is 37.7 Å². The summed E-state index contributed by atoms with van der Waals surface area (Å²) in [6, 6.07) is 7.74. The molecule has 1 saturated heterocycles. The Kier molecular flexibility index (Phi) is 6.77. The molecule has 0 saturated carbocycles. The van der Waals surface area contributed by atoms with Crippen LogP contribution in [-0.4, -0.2) is 45.8 Å². The second-order valence-corrected chi connectivity index (χ2v) is 9.47. The minimum atomic E-state index is -0.461. The number of anilines is 2. The van der Waals surface area contributed by atoms with E-state index in [4.69, 9.17) is 14.0 Å². The lowest BCUT2D eigenvalue weighted by Gasteiger charge is -2.40. The van der Waals surface area contributed by atoms with Crippen molar-refractivity contribution in [1.29, 1.82) is 0 Å². The monoisotopic (exact) mass is 506 g/mol. The van der Waals surface area contributed by atoms with Crippen molar-refractivity contribution in [2.75, 3.05) is 30.5 Å². The normalized spacial score (nSPS) is 14.8. The molecule has 1 aliphatic rings. The molecule has 1 aliphatic heterocycles. The number of carbonyl (C=O) groups excluding carboxylic acids is 1. The molecular formula is C25H26N6O4S. The number of nitrogens with one attached hydrogen (secondary N) is 2. The quantitative estimate of drug-likeness (QED) is 0.314. The minimum absolute atomic E-state index is 0.306. The van der Waals surface area contributed by atoms with Crippen LogP contribution in [0.2, 0.25) is 0 Å². The number of hydrogen-bond acceptors (Lipinski definition) is 10. The van der Waals surface area contributed by atoms with Crippen molar-refractivity contribution < 1.29 is 18.8 Å². The summed E-state index contributed by atoms with van der Waals surface area (Å²) in [7, 11) is 0. The number of hydrogen-bond donors (Lipinski definition) is 2. The lowest BCUT2D eigenvalue weighted by molar-refractivity contribution is -0.215. The van der Waals surface area contributed by atoms with Gasteiger partial charge in [0.1, 0.15) is 5.82 Å². The van der Waals surface area contributed by atoms with E-state index in [0.717, 1.165) is 33.3 Å². The number of rotatable bonds is 9. The fourth-order valence-electron chi connectivity index (χ4n) is 3.92. The SMILES string of the molecule is CCCOC1(c2sc(NC(=O)C=CNc3nccc4ccc(-c5noc(C)n5)cc34)nc2C)COC1. The second-order valence-electron chi connectivity index (χ2n) is 8.47. The molecule has 0 radical (unpaired) electrons. The number of nitrogens with zero attached hydrogens (tertiary/aromatic N) is 4. The van der Waals surface area contributed by atoms with Crippen molar-refractivity contribution >= 4 is 39.0 Å². The average molecular weight is 507 g/mol. The van der Waals surface area contributed by atoms with E-state index in [1.807, 2.05) is 31.2 Å². The highest BCUT2D eigenvalue weighted by molar-refractivity contribution is 7.16. The Morgan fingerprint density at radius 3 is 2.83 bits per heavy atom. The smallest absolute Gasteiger partial charge is 0.251 e. The van der Waals surface area contributed by atoms with Crippen molar-refractivity contribution in [2.45, 2.75) is 32.8 Å². The van der Waals surface area contributed by atoms with E-state index >= 15 is 0 Å². The average Bonchev–Trinajstić information content (AvgIpc) is 3.44. The van der Waals surface area contributed by atoms with Crippen molar-refractivity contribution in [2.24, 2.45) is 0 Å². The predicted molar refractivity (Wildman–Crippen MR) is 137 cm³/mol. The van der Waals surface area contributed by atoms with Crippen LogP contribution in [0, 0.1) is 13.8 Å². The summed E-state index contributed by atoms with van der Waals surface area (Å²) in [6.45, 7) is 7.38. The topological polar surface area (TPSA) is 124 Å². The predicted octanol–water partition coefficient (Wildman–Crippen LogP) is 4.57. The van der Waals surface area contributed by atoms with Crippen molar-refractivity contribution in [1.82, 2.24) is 20.1 Å². The second kappa shape index (κ2) is 10.1. The Morgan fingerprint density at radius 1 is 1.25 bits per heavy atom. The third-order valence-corrected chi connectivity index (χ3v) is 6.96. The molecule has 0 spiro atoms. The Labute approximate surface area is 211 Å². The van der Waals surface area contributed by atoms with Crippen LogP contribution >= 0.6 is 11.3 Å². The van der Waals surface area contributed by atoms with E-state index in [1.165, 1.54) is 17.4 Å². The molecule has 4 aromatic rings. The van der Waals surface area contributed by atoms with Crippen molar-refractivity contribution in [3.8, 4) is 11.4 Å². The lowest BCUT2D eigenvalue weighted by atomic mass is 9.98. The number of carbonyl (C=O) groups is 1. The first-order valence-electron chi connectivity index (χ1n) is 11.6. The number of pyridine rings is 1.